The van der Waals surface area contributed by atoms with Gasteiger partial charge in [-0.15, -0.1) is 0 Å². The van der Waals surface area contributed by atoms with Crippen molar-refractivity contribution >= 4 is 34.2 Å². The van der Waals surface area contributed by atoms with Crippen LogP contribution in [0, 0.1) is 17.0 Å². The fourth-order valence-electron chi connectivity index (χ4n) is 4.58. The number of nitro benzene ring substituents is 1. The Morgan fingerprint density at radius 3 is 2.72 bits per heavy atom. The Bertz CT molecular complexity index is 1360. The highest BCUT2D eigenvalue weighted by atomic mass is 35.5. The predicted molar refractivity (Wildman–Crippen MR) is 138 cm³/mol. The monoisotopic (exact) mass is 513 g/mol. The fourth-order valence-corrected chi connectivity index (χ4v) is 4.81. The van der Waals surface area contributed by atoms with E-state index >= 15 is 0 Å². The minimum Gasteiger partial charge on any atom is -0.492 e. The summed E-state index contributed by atoms with van der Waals surface area (Å²) in [4.78, 5) is 38.5. The first-order valence-electron chi connectivity index (χ1n) is 11.9. The van der Waals surface area contributed by atoms with E-state index in [1.165, 1.54) is 19.1 Å². The van der Waals surface area contributed by atoms with Gasteiger partial charge in [-0.05, 0) is 56.0 Å². The molecule has 1 atom stereocenters. The van der Waals surface area contributed by atoms with Gasteiger partial charge in [-0.1, -0.05) is 35.7 Å². The number of fused-ring (bicyclic) bond motifs is 1. The maximum absolute atomic E-state index is 13.3. The average Bonchev–Trinajstić information content (AvgIpc) is 2.82. The molecule has 2 aromatic carbocycles. The van der Waals surface area contributed by atoms with Gasteiger partial charge >= 0.3 is 5.97 Å². The average molecular weight is 514 g/mol. The third kappa shape index (κ3) is 5.85. The van der Waals surface area contributed by atoms with Gasteiger partial charge in [-0.25, -0.2) is 0 Å². The highest BCUT2D eigenvalue weighted by Gasteiger charge is 2.22. The molecule has 0 saturated carbocycles. The molecule has 10 heteroatoms. The van der Waals surface area contributed by atoms with Gasteiger partial charge in [-0.2, -0.15) is 0 Å². The van der Waals surface area contributed by atoms with Crippen LogP contribution < -0.4 is 15.6 Å². The molecule has 0 aliphatic carbocycles. The van der Waals surface area contributed by atoms with E-state index < -0.39 is 16.5 Å². The summed E-state index contributed by atoms with van der Waals surface area (Å²) in [5.74, 6) is -0.153. The maximum atomic E-state index is 13.3. The Balaban J connectivity index is 1.83. The molecule has 0 bridgehead atoms. The number of carbonyl (C=O) groups is 1. The minimum absolute atomic E-state index is 0.0557. The molecule has 1 fully saturated rings. The third-order valence-corrected chi connectivity index (χ3v) is 6.53. The van der Waals surface area contributed by atoms with Gasteiger partial charge in [0.05, 0.1) is 22.6 Å². The second-order valence-corrected chi connectivity index (χ2v) is 9.44. The predicted octanol–water partition coefficient (Wildman–Crippen LogP) is 5.04. The Hall–Kier alpha value is -3.43. The van der Waals surface area contributed by atoms with Gasteiger partial charge in [-0.3, -0.25) is 19.7 Å². The zero-order valence-corrected chi connectivity index (χ0v) is 20.9. The number of piperidine rings is 1. The van der Waals surface area contributed by atoms with Crippen LogP contribution in [0.5, 0.6) is 5.75 Å². The van der Waals surface area contributed by atoms with E-state index in [4.69, 9.17) is 21.1 Å². The number of H-pyrrole nitrogens is 1. The van der Waals surface area contributed by atoms with E-state index in [0.29, 0.717) is 34.7 Å². The van der Waals surface area contributed by atoms with E-state index in [1.807, 2.05) is 19.1 Å². The van der Waals surface area contributed by atoms with Crippen molar-refractivity contribution in [1.82, 2.24) is 10.3 Å². The van der Waals surface area contributed by atoms with Crippen molar-refractivity contribution in [3.63, 3.8) is 0 Å². The van der Waals surface area contributed by atoms with E-state index in [9.17, 15) is 19.7 Å². The molecule has 1 aliphatic heterocycles. The molecular weight excluding hydrogens is 486 g/mol. The van der Waals surface area contributed by atoms with Crippen molar-refractivity contribution in [1.29, 1.82) is 0 Å². The fraction of sp³-hybridized carbons (Fsp3) is 0.385. The molecule has 36 heavy (non-hydrogen) atoms. The van der Waals surface area contributed by atoms with E-state index in [0.717, 1.165) is 37.8 Å². The van der Waals surface area contributed by atoms with Crippen LogP contribution in [0.2, 0.25) is 5.02 Å². The summed E-state index contributed by atoms with van der Waals surface area (Å²) < 4.78 is 11.4. The number of hydrogen-bond donors (Lipinski definition) is 2. The summed E-state index contributed by atoms with van der Waals surface area (Å²) in [6.07, 6.45) is 4.07. The highest BCUT2D eigenvalue weighted by Crippen LogP contribution is 2.38. The van der Waals surface area contributed by atoms with Crippen molar-refractivity contribution in [2.24, 2.45) is 0 Å². The van der Waals surface area contributed by atoms with Gasteiger partial charge in [0.25, 0.3) is 11.2 Å². The van der Waals surface area contributed by atoms with Gasteiger partial charge in [0, 0.05) is 24.4 Å². The summed E-state index contributed by atoms with van der Waals surface area (Å²) >= 11 is 6.11. The minimum atomic E-state index is -0.563. The molecule has 3 aromatic rings. The van der Waals surface area contributed by atoms with Crippen LogP contribution in [0.1, 0.15) is 43.7 Å². The van der Waals surface area contributed by atoms with Crippen molar-refractivity contribution < 1.29 is 19.2 Å². The molecule has 4 rings (SSSR count). The van der Waals surface area contributed by atoms with Crippen molar-refractivity contribution in [2.75, 3.05) is 13.2 Å². The van der Waals surface area contributed by atoms with Crippen molar-refractivity contribution in [3.8, 4) is 16.9 Å². The lowest BCUT2D eigenvalue weighted by molar-refractivity contribution is -0.384. The number of aryl methyl sites for hydroxylation is 1. The molecule has 2 N–H and O–H groups in total. The number of nitrogens with zero attached hydrogens (tertiary/aromatic N) is 1. The lowest BCUT2D eigenvalue weighted by Gasteiger charge is -2.24. The van der Waals surface area contributed by atoms with Gasteiger partial charge in [0.2, 0.25) is 0 Å². The number of ether oxygens (including phenoxy) is 2. The number of benzene rings is 2. The Morgan fingerprint density at radius 2 is 2.03 bits per heavy atom. The van der Waals surface area contributed by atoms with Gasteiger partial charge in [0.15, 0.2) is 0 Å². The lowest BCUT2D eigenvalue weighted by atomic mass is 9.98. The van der Waals surface area contributed by atoms with Crippen molar-refractivity contribution in [3.05, 3.63) is 66.9 Å². The number of pyridine rings is 1. The van der Waals surface area contributed by atoms with Crippen LogP contribution in [-0.2, 0) is 16.1 Å². The topological polar surface area (TPSA) is 124 Å². The standard InChI is InChI=1S/C26H28ClN3O6/c1-15-9-17(14-36-16(2)31)11-18(10-15)24-25(35-8-6-19-5-3-4-7-28-19)20-12-23(30(33)34)21(27)13-22(20)29-26(24)32/h9-13,19,28H,3-8,14H2,1-2H3,(H,29,32). The second-order valence-electron chi connectivity index (χ2n) is 9.04. The molecule has 1 aromatic heterocycles. The molecule has 1 unspecified atom stereocenters. The summed E-state index contributed by atoms with van der Waals surface area (Å²) in [5.41, 5.74) is 2.03. The van der Waals surface area contributed by atoms with E-state index in [-0.39, 0.29) is 28.6 Å². The Labute approximate surface area is 212 Å². The van der Waals surface area contributed by atoms with Gasteiger partial charge in [0.1, 0.15) is 17.4 Å². The third-order valence-electron chi connectivity index (χ3n) is 6.22. The normalized spacial score (nSPS) is 15.6. The van der Waals surface area contributed by atoms with Crippen LogP contribution in [0.15, 0.2) is 35.1 Å². The van der Waals surface area contributed by atoms with Crippen LogP contribution in [0.25, 0.3) is 22.0 Å². The number of nitrogens with one attached hydrogen (secondary N) is 2. The largest absolute Gasteiger partial charge is 0.492 e. The highest BCUT2D eigenvalue weighted by molar-refractivity contribution is 6.33. The molecule has 2 heterocycles. The molecule has 0 radical (unpaired) electrons. The SMILES string of the molecule is CC(=O)OCc1cc(C)cc(-c2c(OCCC3CCCCN3)c3cc([N+](=O)[O-])c(Cl)cc3[nH]c2=O)c1. The number of halogens is 1. The molecule has 1 saturated heterocycles. The van der Waals surface area contributed by atoms with Crippen molar-refractivity contribution in [2.45, 2.75) is 52.2 Å². The van der Waals surface area contributed by atoms with E-state index in [1.54, 1.807) is 6.07 Å². The molecule has 9 nitrogen and oxygen atoms in total. The number of aromatic amines is 1. The first kappa shape index (κ1) is 25.7. The summed E-state index contributed by atoms with van der Waals surface area (Å²) in [7, 11) is 0. The van der Waals surface area contributed by atoms with Gasteiger partial charge < -0.3 is 19.8 Å². The van der Waals surface area contributed by atoms with Crippen LogP contribution in [0.4, 0.5) is 5.69 Å². The van der Waals surface area contributed by atoms with Crippen LogP contribution in [0.3, 0.4) is 0 Å². The molecule has 0 amide bonds. The Morgan fingerprint density at radius 1 is 1.22 bits per heavy atom. The zero-order chi connectivity index (χ0) is 25.8. The van der Waals surface area contributed by atoms with Crippen LogP contribution >= 0.6 is 11.6 Å². The maximum Gasteiger partial charge on any atom is 0.302 e. The number of rotatable bonds is 8. The summed E-state index contributed by atoms with van der Waals surface area (Å²) in [6.45, 7) is 4.54. The molecule has 1 aliphatic rings. The number of carbonyl (C=O) groups excluding carboxylic acids is 1. The number of esters is 1. The first-order valence-corrected chi connectivity index (χ1v) is 12.2. The zero-order valence-electron chi connectivity index (χ0n) is 20.2. The first-order chi connectivity index (χ1) is 17.2. The Kier molecular flexibility index (Phi) is 7.91. The van der Waals surface area contributed by atoms with E-state index in [2.05, 4.69) is 10.3 Å². The smallest absolute Gasteiger partial charge is 0.302 e. The molecular formula is C26H28ClN3O6. The lowest BCUT2D eigenvalue weighted by Crippen LogP contribution is -2.35. The molecule has 190 valence electrons. The summed E-state index contributed by atoms with van der Waals surface area (Å²) in [6, 6.07) is 8.47. The quantitative estimate of drug-likeness (QED) is 0.245. The second kappa shape index (κ2) is 11.1. The summed E-state index contributed by atoms with van der Waals surface area (Å²) in [5, 5.41) is 15.4. The number of hydrogen-bond acceptors (Lipinski definition) is 7. The number of aromatic nitrogens is 1. The number of nitro groups is 1. The molecule has 0 spiro atoms. The van der Waals surface area contributed by atoms with Crippen LogP contribution in [-0.4, -0.2) is 35.1 Å².